The van der Waals surface area contributed by atoms with Gasteiger partial charge in [0.2, 0.25) is 5.91 Å². The van der Waals surface area contributed by atoms with E-state index in [1.807, 2.05) is 0 Å². The first-order valence-electron chi connectivity index (χ1n) is 24.9. The van der Waals surface area contributed by atoms with Crippen LogP contribution in [0.4, 0.5) is 0 Å². The fraction of sp³-hybridized carbons (Fsp3) is 0.896. The van der Waals surface area contributed by atoms with Crippen molar-refractivity contribution in [3.8, 4) is 0 Å². The van der Waals surface area contributed by atoms with Crippen LogP contribution < -0.4 is 5.32 Å². The van der Waals surface area contributed by atoms with Crippen LogP contribution in [0.3, 0.4) is 0 Å². The number of aliphatic hydroxyl groups is 7. The number of carbonyl (C=O) groups excluding carboxylic acids is 1. The van der Waals surface area contributed by atoms with E-state index in [9.17, 15) is 50.0 Å². The molecule has 13 nitrogen and oxygen atoms in total. The Kier molecular flexibility index (Phi) is 36.0. The Morgan fingerprint density at radius 2 is 0.952 bits per heavy atom. The maximum absolute atomic E-state index is 13.0. The standard InChI is InChI=1S/C48H92NO12P/c1-3-5-7-9-11-13-15-17-18-19-20-21-22-24-26-28-30-32-34-36-41(51)40(38-60-62(58,59)61-48-46(56)44(54)43(53)45(55)47(48)57)49-42(52)37-39(50)35-33-31-29-27-25-23-16-14-12-10-8-6-4-2/h26,28,34,36,39-41,43-48,50-51,53-57H,3-25,27,29-33,35,37-38H2,1-2H3,(H,49,52)(H,58,59)/b28-26+,36-34+. The van der Waals surface area contributed by atoms with E-state index >= 15 is 0 Å². The zero-order valence-corrected chi connectivity index (χ0v) is 39.7. The largest absolute Gasteiger partial charge is 0.472 e. The van der Waals surface area contributed by atoms with Crippen molar-refractivity contribution in [1.82, 2.24) is 5.32 Å². The minimum absolute atomic E-state index is 0.249. The van der Waals surface area contributed by atoms with E-state index < -0.39 is 75.2 Å². The fourth-order valence-corrected chi connectivity index (χ4v) is 8.93. The summed E-state index contributed by atoms with van der Waals surface area (Å²) in [6.45, 7) is 3.74. The van der Waals surface area contributed by atoms with Gasteiger partial charge >= 0.3 is 7.82 Å². The molecule has 0 bridgehead atoms. The van der Waals surface area contributed by atoms with Crippen LogP contribution in [0.2, 0.25) is 0 Å². The van der Waals surface area contributed by atoms with Crippen LogP contribution in [-0.2, 0) is 18.4 Å². The molecule has 0 saturated heterocycles. The number of hydrogen-bond donors (Lipinski definition) is 9. The molecule has 0 aromatic carbocycles. The number of nitrogens with one attached hydrogen (secondary N) is 1. The lowest BCUT2D eigenvalue weighted by Crippen LogP contribution is -2.64. The maximum atomic E-state index is 13.0. The summed E-state index contributed by atoms with van der Waals surface area (Å²) in [6.07, 6.45) is 28.4. The Morgan fingerprint density at radius 3 is 1.42 bits per heavy atom. The van der Waals surface area contributed by atoms with Crippen molar-refractivity contribution in [3.05, 3.63) is 24.3 Å². The molecule has 14 heteroatoms. The SMILES string of the molecule is CCCCCCCCCCCCCCC/C=C/CC/C=C/C(O)C(COP(=O)(O)OC1C(O)C(O)C(O)C(O)C1O)NC(=O)CC(O)CCCCCCCCCCCCCCC. The number of amides is 1. The van der Waals surface area contributed by atoms with Crippen LogP contribution in [-0.4, -0.2) is 108 Å². The van der Waals surface area contributed by atoms with Gasteiger partial charge in [0.15, 0.2) is 0 Å². The minimum Gasteiger partial charge on any atom is -0.393 e. The van der Waals surface area contributed by atoms with Gasteiger partial charge in [-0.05, 0) is 32.1 Å². The molecule has 1 saturated carbocycles. The Balaban J connectivity index is 2.54. The average molecular weight is 906 g/mol. The number of aliphatic hydroxyl groups excluding tert-OH is 7. The molecule has 0 aromatic rings. The van der Waals surface area contributed by atoms with Gasteiger partial charge in [-0.2, -0.15) is 0 Å². The molecule has 1 aliphatic rings. The molecule has 8 unspecified atom stereocenters. The molecule has 0 radical (unpaired) electrons. The Labute approximate surface area is 375 Å². The highest BCUT2D eigenvalue weighted by atomic mass is 31.2. The van der Waals surface area contributed by atoms with E-state index in [1.54, 1.807) is 6.08 Å². The number of allylic oxidation sites excluding steroid dienone is 3. The molecule has 0 heterocycles. The molecule has 0 spiro atoms. The van der Waals surface area contributed by atoms with Crippen LogP contribution in [0.1, 0.15) is 213 Å². The zero-order valence-electron chi connectivity index (χ0n) is 38.8. The van der Waals surface area contributed by atoms with Crippen LogP contribution in [0.25, 0.3) is 0 Å². The number of carbonyl (C=O) groups is 1. The van der Waals surface area contributed by atoms with Gasteiger partial charge in [0.1, 0.15) is 36.6 Å². The predicted octanol–water partition coefficient (Wildman–Crippen LogP) is 8.76. The number of hydrogen-bond acceptors (Lipinski definition) is 11. The van der Waals surface area contributed by atoms with Gasteiger partial charge in [-0.1, -0.05) is 199 Å². The summed E-state index contributed by atoms with van der Waals surface area (Å²) in [5.74, 6) is -0.601. The minimum atomic E-state index is -5.15. The van der Waals surface area contributed by atoms with Crippen LogP contribution >= 0.6 is 7.82 Å². The second kappa shape index (κ2) is 37.9. The van der Waals surface area contributed by atoms with Crippen molar-refractivity contribution in [2.75, 3.05) is 6.61 Å². The van der Waals surface area contributed by atoms with E-state index in [-0.39, 0.29) is 6.42 Å². The molecule has 1 aliphatic carbocycles. The average Bonchev–Trinajstić information content (AvgIpc) is 3.24. The lowest BCUT2D eigenvalue weighted by molar-refractivity contribution is -0.220. The van der Waals surface area contributed by atoms with Gasteiger partial charge < -0.3 is 46.0 Å². The lowest BCUT2D eigenvalue weighted by atomic mass is 9.85. The molecule has 1 amide bonds. The van der Waals surface area contributed by atoms with Crippen molar-refractivity contribution < 1.29 is 59.0 Å². The van der Waals surface area contributed by atoms with Crippen LogP contribution in [0.5, 0.6) is 0 Å². The van der Waals surface area contributed by atoms with E-state index in [1.165, 1.54) is 141 Å². The van der Waals surface area contributed by atoms with Crippen molar-refractivity contribution in [3.63, 3.8) is 0 Å². The van der Waals surface area contributed by atoms with Gasteiger partial charge in [-0.15, -0.1) is 0 Å². The topological polar surface area (TPSA) is 226 Å². The Morgan fingerprint density at radius 1 is 0.565 bits per heavy atom. The Bertz CT molecular complexity index is 1160. The molecule has 1 fully saturated rings. The molecule has 9 N–H and O–H groups in total. The smallest absolute Gasteiger partial charge is 0.393 e. The summed E-state index contributed by atoms with van der Waals surface area (Å²) in [5, 5.41) is 74.5. The molecule has 0 aromatic heterocycles. The fourth-order valence-electron chi connectivity index (χ4n) is 7.96. The number of rotatable bonds is 41. The lowest BCUT2D eigenvalue weighted by Gasteiger charge is -2.41. The summed E-state index contributed by atoms with van der Waals surface area (Å²) in [4.78, 5) is 23.5. The molecular weight excluding hydrogens is 813 g/mol. The second-order valence-corrected chi connectivity index (χ2v) is 19.3. The predicted molar refractivity (Wildman–Crippen MR) is 247 cm³/mol. The molecule has 1 rings (SSSR count). The Hall–Kier alpha value is -1.22. The summed E-state index contributed by atoms with van der Waals surface area (Å²) in [6, 6.07) is -1.25. The quantitative estimate of drug-likeness (QED) is 0.0159. The first kappa shape index (κ1) is 58.8. The number of phosphoric acid groups is 1. The second-order valence-electron chi connectivity index (χ2n) is 17.8. The number of unbranched alkanes of at least 4 members (excludes halogenated alkanes) is 26. The highest BCUT2D eigenvalue weighted by Gasteiger charge is 2.51. The van der Waals surface area contributed by atoms with E-state index in [2.05, 4.69) is 31.3 Å². The monoisotopic (exact) mass is 906 g/mol. The molecular formula is C48H92NO12P. The highest BCUT2D eigenvalue weighted by Crippen LogP contribution is 2.47. The third-order valence-electron chi connectivity index (χ3n) is 12.0. The van der Waals surface area contributed by atoms with E-state index in [0.717, 1.165) is 44.9 Å². The van der Waals surface area contributed by atoms with Gasteiger partial charge in [-0.3, -0.25) is 13.8 Å². The van der Waals surface area contributed by atoms with Crippen molar-refractivity contribution in [2.45, 2.75) is 268 Å². The number of phosphoric ester groups is 1. The van der Waals surface area contributed by atoms with Crippen LogP contribution in [0.15, 0.2) is 24.3 Å². The summed E-state index contributed by atoms with van der Waals surface area (Å²) in [7, 11) is -5.15. The zero-order chi connectivity index (χ0) is 45.9. The van der Waals surface area contributed by atoms with Crippen molar-refractivity contribution >= 4 is 13.7 Å². The maximum Gasteiger partial charge on any atom is 0.472 e. The third-order valence-corrected chi connectivity index (χ3v) is 13.0. The third kappa shape index (κ3) is 29.3. The first-order chi connectivity index (χ1) is 29.8. The summed E-state index contributed by atoms with van der Waals surface area (Å²) in [5.41, 5.74) is 0. The van der Waals surface area contributed by atoms with Gasteiger partial charge in [0.25, 0.3) is 0 Å². The highest BCUT2D eigenvalue weighted by molar-refractivity contribution is 7.47. The van der Waals surface area contributed by atoms with Gasteiger partial charge in [0.05, 0.1) is 31.3 Å². The molecule has 62 heavy (non-hydrogen) atoms. The van der Waals surface area contributed by atoms with Crippen molar-refractivity contribution in [1.29, 1.82) is 0 Å². The van der Waals surface area contributed by atoms with E-state index in [4.69, 9.17) is 9.05 Å². The molecule has 8 atom stereocenters. The molecule has 0 aliphatic heterocycles. The van der Waals surface area contributed by atoms with Crippen molar-refractivity contribution in [2.24, 2.45) is 0 Å². The normalized spacial score (nSPS) is 23.2. The first-order valence-corrected chi connectivity index (χ1v) is 26.4. The van der Waals surface area contributed by atoms with E-state index in [0.29, 0.717) is 12.8 Å². The summed E-state index contributed by atoms with van der Waals surface area (Å²) >= 11 is 0. The van der Waals surface area contributed by atoms with Crippen LogP contribution in [0, 0.1) is 0 Å². The van der Waals surface area contributed by atoms with Gasteiger partial charge in [-0.25, -0.2) is 4.57 Å². The van der Waals surface area contributed by atoms with Gasteiger partial charge in [0, 0.05) is 0 Å². The summed E-state index contributed by atoms with van der Waals surface area (Å²) < 4.78 is 22.9. The molecule has 366 valence electrons.